The predicted molar refractivity (Wildman–Crippen MR) is 55.1 cm³/mol. The molecule has 0 N–H and O–H groups in total. The van der Waals surface area contributed by atoms with Crippen molar-refractivity contribution in [2.75, 3.05) is 0 Å². The Balaban J connectivity index is 4.01. The summed E-state index contributed by atoms with van der Waals surface area (Å²) in [6.07, 6.45) is 0. The van der Waals surface area contributed by atoms with Crippen molar-refractivity contribution < 1.29 is 0 Å². The molecule has 0 fully saturated rings. The number of hydrogen-bond donors (Lipinski definition) is 0. The summed E-state index contributed by atoms with van der Waals surface area (Å²) in [6.45, 7) is 3.96. The van der Waals surface area contributed by atoms with Gasteiger partial charge in [-0.25, -0.2) is 0 Å². The summed E-state index contributed by atoms with van der Waals surface area (Å²) in [5.74, 6) is 0. The maximum atomic E-state index is 5.67. The van der Waals surface area contributed by atoms with Gasteiger partial charge in [0.05, 0.1) is 0 Å². The summed E-state index contributed by atoms with van der Waals surface area (Å²) < 4.78 is 0.150. The molecule has 0 rings (SSSR count). The molecule has 0 unspecified atom stereocenters. The fraction of sp³-hybridized carbons (Fsp3) is 1.00. The fourth-order valence-corrected chi connectivity index (χ4v) is 1.48. The van der Waals surface area contributed by atoms with E-state index in [9.17, 15) is 0 Å². The highest BCUT2D eigenvalue weighted by atomic mass is 79.9. The number of rotatable bonds is 2. The van der Waals surface area contributed by atoms with Crippen LogP contribution in [0.3, 0.4) is 0 Å². The predicted octanol–water partition coefficient (Wildman–Crippen LogP) is 3.55. The average molecular weight is 294 g/mol. The Morgan fingerprint density at radius 1 is 1.22 bits per heavy atom. The minimum atomic E-state index is -0.360. The van der Waals surface area contributed by atoms with Gasteiger partial charge in [0.1, 0.15) is 0 Å². The maximum Gasteiger partial charge on any atom is 0.352 e. The topological polar surface area (TPSA) is 0 Å². The maximum absolute atomic E-state index is 5.67. The quantitative estimate of drug-likeness (QED) is 0.683. The lowest BCUT2D eigenvalue weighted by atomic mass is 9.55. The molecule has 0 aliphatic rings. The fourth-order valence-electron chi connectivity index (χ4n) is 0.0952. The molecule has 0 aromatic rings. The Bertz CT molecular complexity index is 85.8. The molecule has 0 spiro atoms. The van der Waals surface area contributed by atoms with Crippen molar-refractivity contribution >= 4 is 64.3 Å². The van der Waals surface area contributed by atoms with Gasteiger partial charge in [0.25, 0.3) is 4.36 Å². The van der Waals surface area contributed by atoms with E-state index >= 15 is 0 Å². The molecule has 9 heavy (non-hydrogen) atoms. The van der Waals surface area contributed by atoms with Gasteiger partial charge < -0.3 is 0 Å². The molecular weight excluding hydrogens is 288 g/mol. The van der Waals surface area contributed by atoms with Gasteiger partial charge in [-0.3, -0.25) is 0 Å². The Morgan fingerprint density at radius 2 is 1.56 bits per heavy atom. The van der Waals surface area contributed by atoms with E-state index in [0.29, 0.717) is 0 Å². The molecule has 0 heterocycles. The van der Waals surface area contributed by atoms with Gasteiger partial charge in [-0.1, -0.05) is 13.8 Å². The third kappa shape index (κ3) is 3.04. The average Bonchev–Trinajstić information content (AvgIpc) is 1.65. The van der Waals surface area contributed by atoms with Crippen molar-refractivity contribution in [1.82, 2.24) is 0 Å². The van der Waals surface area contributed by atoms with Crippen LogP contribution in [0.15, 0.2) is 0 Å². The largest absolute Gasteiger partial charge is 0.352 e. The molecule has 0 amide bonds. The van der Waals surface area contributed by atoms with Gasteiger partial charge >= 0.3 is 5.54 Å². The van der Waals surface area contributed by atoms with E-state index in [1.165, 1.54) is 0 Å². The highest BCUT2D eigenvalue weighted by Gasteiger charge is 2.38. The van der Waals surface area contributed by atoms with E-state index in [1.54, 1.807) is 0 Å². The van der Waals surface area contributed by atoms with Crippen LogP contribution in [0, 0.1) is 0 Å². The number of hydrogen-bond acceptors (Lipinski definition) is 0. The van der Waals surface area contributed by atoms with Crippen LogP contribution in [0.25, 0.3) is 0 Å². The molecule has 6 heteroatoms. The van der Waals surface area contributed by atoms with Gasteiger partial charge in [0.2, 0.25) is 0 Å². The second-order valence-corrected chi connectivity index (χ2v) is 6.58. The van der Waals surface area contributed by atoms with E-state index in [1.807, 2.05) is 13.8 Å². The van der Waals surface area contributed by atoms with Gasteiger partial charge in [-0.2, -0.15) is 22.9 Å². The second-order valence-electron chi connectivity index (χ2n) is 2.42. The van der Waals surface area contributed by atoms with Crippen molar-refractivity contribution in [2.24, 2.45) is 0 Å². The van der Waals surface area contributed by atoms with Crippen molar-refractivity contribution in [3.8, 4) is 0 Å². The summed E-state index contributed by atoms with van der Waals surface area (Å²) >= 11 is 18.0. The lowest BCUT2D eigenvalue weighted by Gasteiger charge is -2.22. The highest BCUT2D eigenvalue weighted by Crippen LogP contribution is 2.40. The summed E-state index contributed by atoms with van der Waals surface area (Å²) in [7, 11) is 0. The first-order valence-electron chi connectivity index (χ1n) is 2.45. The van der Waals surface area contributed by atoms with Crippen LogP contribution in [0.2, 0.25) is 5.21 Å². The monoisotopic (exact) mass is 292 g/mol. The van der Waals surface area contributed by atoms with Gasteiger partial charge in [0, 0.05) is 0 Å². The molecule has 0 aromatic carbocycles. The molecule has 0 aromatic heterocycles. The SMILES string of the molecule is CC(C)(B(Cl)Cl)B(Br)Br. The summed E-state index contributed by atoms with van der Waals surface area (Å²) in [5.41, 5.74) is -0.360. The van der Waals surface area contributed by atoms with Crippen LogP contribution in [-0.4, -0.2) is 9.90 Å². The van der Waals surface area contributed by atoms with E-state index in [-0.39, 0.29) is 15.1 Å². The van der Waals surface area contributed by atoms with Gasteiger partial charge in [-0.15, -0.1) is 31.5 Å². The Morgan fingerprint density at radius 3 is 1.56 bits per heavy atom. The van der Waals surface area contributed by atoms with E-state index in [2.05, 4.69) is 31.5 Å². The zero-order valence-corrected chi connectivity index (χ0v) is 9.85. The normalized spacial score (nSPS) is 11.3. The third-order valence-electron chi connectivity index (χ3n) is 1.12. The molecule has 0 aliphatic carbocycles. The third-order valence-corrected chi connectivity index (χ3v) is 4.61. The second kappa shape index (κ2) is 3.89. The molecule has 0 saturated heterocycles. The molecule has 0 bridgehead atoms. The minimum Gasteiger partial charge on any atom is -0.172 e. The smallest absolute Gasteiger partial charge is 0.172 e. The summed E-state index contributed by atoms with van der Waals surface area (Å²) in [5, 5.41) is -0.136. The van der Waals surface area contributed by atoms with E-state index in [0.717, 1.165) is 0 Å². The van der Waals surface area contributed by atoms with Crippen molar-refractivity contribution in [1.29, 1.82) is 0 Å². The molecule has 0 nitrogen and oxygen atoms in total. The van der Waals surface area contributed by atoms with Crippen LogP contribution in [0.4, 0.5) is 0 Å². The molecule has 52 valence electrons. The highest BCUT2D eigenvalue weighted by molar-refractivity contribution is 9.49. The van der Waals surface area contributed by atoms with Crippen LogP contribution in [0.1, 0.15) is 13.8 Å². The molecule has 0 saturated carbocycles. The Labute approximate surface area is 83.0 Å². The molecule has 0 atom stereocenters. The number of halogens is 4. The van der Waals surface area contributed by atoms with Crippen molar-refractivity contribution in [2.45, 2.75) is 19.1 Å². The van der Waals surface area contributed by atoms with Crippen molar-refractivity contribution in [3.05, 3.63) is 0 Å². The molecular formula is C3H6B2Br2Cl2. The van der Waals surface area contributed by atoms with E-state index < -0.39 is 0 Å². The van der Waals surface area contributed by atoms with Gasteiger partial charge in [-0.05, 0) is 5.21 Å². The molecule has 0 aliphatic heterocycles. The first kappa shape index (κ1) is 10.7. The zero-order chi connectivity index (χ0) is 7.65. The van der Waals surface area contributed by atoms with Crippen LogP contribution < -0.4 is 0 Å². The molecule has 0 radical (unpaired) electrons. The summed E-state index contributed by atoms with van der Waals surface area (Å²) in [4.78, 5) is 0. The Kier molecular flexibility index (Phi) is 4.61. The zero-order valence-electron chi connectivity index (χ0n) is 5.17. The van der Waals surface area contributed by atoms with Crippen molar-refractivity contribution in [3.63, 3.8) is 0 Å². The van der Waals surface area contributed by atoms with Crippen LogP contribution >= 0.6 is 54.4 Å². The summed E-state index contributed by atoms with van der Waals surface area (Å²) in [6, 6.07) is 0. The van der Waals surface area contributed by atoms with Crippen LogP contribution in [-0.2, 0) is 0 Å². The lowest BCUT2D eigenvalue weighted by Crippen LogP contribution is -2.26. The van der Waals surface area contributed by atoms with Crippen LogP contribution in [0.5, 0.6) is 0 Å². The lowest BCUT2D eigenvalue weighted by molar-refractivity contribution is 0.955. The Hall–Kier alpha value is 1.67. The first-order chi connectivity index (χ1) is 3.89. The minimum absolute atomic E-state index is 0.136. The van der Waals surface area contributed by atoms with E-state index in [4.69, 9.17) is 22.9 Å². The first-order valence-corrected chi connectivity index (χ1v) is 5.15. The van der Waals surface area contributed by atoms with Gasteiger partial charge in [0.15, 0.2) is 0 Å². The standard InChI is InChI=1S/C3H6B2Br2Cl2/c1-3(2,4(6)7)5(8)9/h1-2H3.